The number of hydrogen-bond donors (Lipinski definition) is 2. The van der Waals surface area contributed by atoms with Crippen molar-refractivity contribution in [3.8, 4) is 0 Å². The van der Waals surface area contributed by atoms with Crippen LogP contribution in [0.1, 0.15) is 73.1 Å². The summed E-state index contributed by atoms with van der Waals surface area (Å²) in [6.45, 7) is 1.84. The number of anilines is 1. The van der Waals surface area contributed by atoms with E-state index in [9.17, 15) is 4.79 Å². The Morgan fingerprint density at radius 2 is 2.13 bits per heavy atom. The highest BCUT2D eigenvalue weighted by Crippen LogP contribution is 2.31. The Bertz CT molecular complexity index is 677. The molecule has 0 spiro atoms. The molecule has 1 atom stereocenters. The van der Waals surface area contributed by atoms with Gasteiger partial charge in [0.05, 0.1) is 0 Å². The van der Waals surface area contributed by atoms with Gasteiger partial charge in [-0.05, 0) is 38.0 Å². The van der Waals surface area contributed by atoms with E-state index in [-0.39, 0.29) is 11.9 Å². The highest BCUT2D eigenvalue weighted by Gasteiger charge is 2.23. The molecule has 1 aliphatic rings. The van der Waals surface area contributed by atoms with Crippen molar-refractivity contribution < 1.29 is 9.32 Å². The first-order chi connectivity index (χ1) is 11.1. The molecule has 3 N–H and O–H groups in total. The minimum Gasteiger partial charge on any atom is -0.399 e. The third kappa shape index (κ3) is 3.70. The highest BCUT2D eigenvalue weighted by atomic mass is 16.5. The van der Waals surface area contributed by atoms with Crippen molar-refractivity contribution in [3.05, 3.63) is 41.5 Å². The number of benzene rings is 1. The minimum atomic E-state index is -0.339. The molecular formula is C17H22N4O2. The number of carbonyl (C=O) groups is 1. The molecule has 0 saturated heterocycles. The second-order valence-electron chi connectivity index (χ2n) is 6.15. The largest absolute Gasteiger partial charge is 0.399 e. The lowest BCUT2D eigenvalue weighted by Gasteiger charge is -2.17. The summed E-state index contributed by atoms with van der Waals surface area (Å²) in [6.07, 6.45) is 5.95. The van der Waals surface area contributed by atoms with Gasteiger partial charge in [0.25, 0.3) is 5.91 Å². The number of hydrogen-bond acceptors (Lipinski definition) is 5. The maximum absolute atomic E-state index is 12.2. The van der Waals surface area contributed by atoms with E-state index in [4.69, 9.17) is 10.3 Å². The summed E-state index contributed by atoms with van der Waals surface area (Å²) in [7, 11) is 0. The van der Waals surface area contributed by atoms with E-state index in [1.54, 1.807) is 24.3 Å². The van der Waals surface area contributed by atoms with Gasteiger partial charge in [-0.15, -0.1) is 0 Å². The molecule has 1 aromatic carbocycles. The Balaban J connectivity index is 1.65. The van der Waals surface area contributed by atoms with E-state index in [0.717, 1.165) is 18.7 Å². The third-order valence-corrected chi connectivity index (χ3v) is 4.29. The summed E-state index contributed by atoms with van der Waals surface area (Å²) in [5.74, 6) is 1.40. The molecular weight excluding hydrogens is 292 g/mol. The maximum Gasteiger partial charge on any atom is 0.251 e. The van der Waals surface area contributed by atoms with Crippen molar-refractivity contribution in [2.75, 3.05) is 5.73 Å². The fourth-order valence-electron chi connectivity index (χ4n) is 2.97. The van der Waals surface area contributed by atoms with Gasteiger partial charge < -0.3 is 15.6 Å². The van der Waals surface area contributed by atoms with Crippen LogP contribution in [-0.2, 0) is 0 Å². The maximum atomic E-state index is 12.2. The predicted octanol–water partition coefficient (Wildman–Crippen LogP) is 3.19. The van der Waals surface area contributed by atoms with Crippen molar-refractivity contribution in [1.29, 1.82) is 0 Å². The Morgan fingerprint density at radius 1 is 1.35 bits per heavy atom. The molecule has 23 heavy (non-hydrogen) atoms. The molecule has 0 radical (unpaired) electrons. The van der Waals surface area contributed by atoms with E-state index in [0.29, 0.717) is 23.1 Å². The predicted molar refractivity (Wildman–Crippen MR) is 86.9 cm³/mol. The zero-order chi connectivity index (χ0) is 16.2. The summed E-state index contributed by atoms with van der Waals surface area (Å²) in [6, 6.07) is 6.52. The second-order valence-corrected chi connectivity index (χ2v) is 6.15. The number of amides is 1. The number of nitrogens with zero attached hydrogens (tertiary/aromatic N) is 2. The van der Waals surface area contributed by atoms with Crippen LogP contribution in [-0.4, -0.2) is 16.0 Å². The molecule has 1 amide bonds. The van der Waals surface area contributed by atoms with Gasteiger partial charge >= 0.3 is 0 Å². The standard InChI is InChI=1S/C17H22N4O2/c1-11(19-16(22)13-8-5-9-14(18)10-13)17-20-15(21-23-17)12-6-3-2-4-7-12/h5,8-12H,2-4,6-7,18H2,1H3,(H,19,22). The van der Waals surface area contributed by atoms with Gasteiger partial charge in [-0.2, -0.15) is 4.98 Å². The van der Waals surface area contributed by atoms with Gasteiger partial charge in [-0.3, -0.25) is 4.79 Å². The summed E-state index contributed by atoms with van der Waals surface area (Å²) >= 11 is 0. The van der Waals surface area contributed by atoms with E-state index in [1.807, 2.05) is 6.92 Å². The second kappa shape index (κ2) is 6.81. The smallest absolute Gasteiger partial charge is 0.251 e. The molecule has 1 saturated carbocycles. The Morgan fingerprint density at radius 3 is 2.87 bits per heavy atom. The van der Waals surface area contributed by atoms with Crippen LogP contribution in [0.4, 0.5) is 5.69 Å². The fraction of sp³-hybridized carbons (Fsp3) is 0.471. The van der Waals surface area contributed by atoms with Crippen molar-refractivity contribution >= 4 is 11.6 Å². The van der Waals surface area contributed by atoms with Gasteiger partial charge in [0.15, 0.2) is 5.82 Å². The molecule has 0 bridgehead atoms. The first kappa shape index (κ1) is 15.5. The molecule has 122 valence electrons. The monoisotopic (exact) mass is 314 g/mol. The van der Waals surface area contributed by atoms with Gasteiger partial charge in [0.1, 0.15) is 6.04 Å². The van der Waals surface area contributed by atoms with Crippen LogP contribution >= 0.6 is 0 Å². The number of carbonyl (C=O) groups excluding carboxylic acids is 1. The number of nitrogens with one attached hydrogen (secondary N) is 1. The van der Waals surface area contributed by atoms with Crippen LogP contribution in [0.15, 0.2) is 28.8 Å². The van der Waals surface area contributed by atoms with Crippen molar-refractivity contribution in [1.82, 2.24) is 15.5 Å². The van der Waals surface area contributed by atoms with Gasteiger partial charge in [-0.1, -0.05) is 30.5 Å². The number of nitrogen functional groups attached to an aromatic ring is 1. The van der Waals surface area contributed by atoms with Crippen molar-refractivity contribution in [2.45, 2.75) is 51.0 Å². The molecule has 1 aromatic heterocycles. The van der Waals surface area contributed by atoms with E-state index < -0.39 is 0 Å². The summed E-state index contributed by atoms with van der Waals surface area (Å²) in [5.41, 5.74) is 6.78. The lowest BCUT2D eigenvalue weighted by atomic mass is 9.89. The van der Waals surface area contributed by atoms with E-state index >= 15 is 0 Å². The molecule has 2 aromatic rings. The van der Waals surface area contributed by atoms with Crippen LogP contribution < -0.4 is 11.1 Å². The van der Waals surface area contributed by atoms with Crippen LogP contribution in [0.5, 0.6) is 0 Å². The normalized spacial score (nSPS) is 16.9. The molecule has 6 nitrogen and oxygen atoms in total. The van der Waals surface area contributed by atoms with Crippen LogP contribution in [0.25, 0.3) is 0 Å². The summed E-state index contributed by atoms with van der Waals surface area (Å²) in [4.78, 5) is 16.7. The van der Waals surface area contributed by atoms with Crippen LogP contribution in [0, 0.1) is 0 Å². The van der Waals surface area contributed by atoms with Gasteiger partial charge in [-0.25, -0.2) is 0 Å². The zero-order valence-corrected chi connectivity index (χ0v) is 13.3. The van der Waals surface area contributed by atoms with Gasteiger partial charge in [0, 0.05) is 17.2 Å². The zero-order valence-electron chi connectivity index (χ0n) is 13.3. The Labute approximate surface area is 135 Å². The average molecular weight is 314 g/mol. The van der Waals surface area contributed by atoms with E-state index in [2.05, 4.69) is 15.5 Å². The first-order valence-corrected chi connectivity index (χ1v) is 8.13. The number of aromatic nitrogens is 2. The van der Waals surface area contributed by atoms with Crippen LogP contribution in [0.2, 0.25) is 0 Å². The quantitative estimate of drug-likeness (QED) is 0.845. The lowest BCUT2D eigenvalue weighted by Crippen LogP contribution is -2.27. The van der Waals surface area contributed by atoms with E-state index in [1.165, 1.54) is 19.3 Å². The Hall–Kier alpha value is -2.37. The highest BCUT2D eigenvalue weighted by molar-refractivity contribution is 5.95. The topological polar surface area (TPSA) is 94.0 Å². The van der Waals surface area contributed by atoms with Crippen molar-refractivity contribution in [2.24, 2.45) is 0 Å². The summed E-state index contributed by atoms with van der Waals surface area (Å²) in [5, 5.41) is 6.96. The molecule has 3 rings (SSSR count). The van der Waals surface area contributed by atoms with Crippen molar-refractivity contribution in [3.63, 3.8) is 0 Å². The molecule has 1 aliphatic carbocycles. The molecule has 0 aliphatic heterocycles. The fourth-order valence-corrected chi connectivity index (χ4v) is 2.97. The molecule has 1 fully saturated rings. The lowest BCUT2D eigenvalue weighted by molar-refractivity contribution is 0.0932. The molecule has 1 unspecified atom stereocenters. The van der Waals surface area contributed by atoms with Crippen LogP contribution in [0.3, 0.4) is 0 Å². The minimum absolute atomic E-state index is 0.206. The third-order valence-electron chi connectivity index (χ3n) is 4.29. The molecule has 6 heteroatoms. The first-order valence-electron chi connectivity index (χ1n) is 8.13. The number of nitrogens with two attached hydrogens (primary N) is 1. The average Bonchev–Trinajstić information content (AvgIpc) is 3.06. The Kier molecular flexibility index (Phi) is 4.60. The summed E-state index contributed by atoms with van der Waals surface area (Å²) < 4.78 is 5.34. The van der Waals surface area contributed by atoms with Gasteiger partial charge in [0.2, 0.25) is 5.89 Å². The number of rotatable bonds is 4. The molecule has 1 heterocycles. The SMILES string of the molecule is CC(NC(=O)c1cccc(N)c1)c1nc(C2CCCCC2)no1.